The second-order valence-corrected chi connectivity index (χ2v) is 5.29. The second kappa shape index (κ2) is 7.21. The Morgan fingerprint density at radius 3 is 2.61 bits per heavy atom. The normalized spacial score (nSPS) is 10.9. The Labute approximate surface area is 133 Å². The zero-order chi connectivity index (χ0) is 17.0. The van der Waals surface area contributed by atoms with Crippen molar-refractivity contribution in [3.05, 3.63) is 47.5 Å². The third kappa shape index (κ3) is 4.06. The standard InChI is InChI=1S/C16H19F2N3O2/c1-11-5-4-6-12(2)15(11)23-10-14(22)20(3)9-13-19-7-8-21(13)16(17)18/h4-8,16H,9-10H2,1-3H3. The van der Waals surface area contributed by atoms with Gasteiger partial charge in [-0.2, -0.15) is 8.78 Å². The molecule has 0 bridgehead atoms. The molecule has 5 nitrogen and oxygen atoms in total. The summed E-state index contributed by atoms with van der Waals surface area (Å²) in [5.41, 5.74) is 1.88. The molecule has 1 aromatic heterocycles. The molecular weight excluding hydrogens is 304 g/mol. The summed E-state index contributed by atoms with van der Waals surface area (Å²) in [6.45, 7) is 0.956. The molecule has 0 unspecified atom stereocenters. The van der Waals surface area contributed by atoms with Gasteiger partial charge >= 0.3 is 6.55 Å². The third-order valence-electron chi connectivity index (χ3n) is 3.51. The van der Waals surface area contributed by atoms with Gasteiger partial charge in [0.05, 0.1) is 6.54 Å². The van der Waals surface area contributed by atoms with E-state index in [1.807, 2.05) is 32.0 Å². The van der Waals surface area contributed by atoms with Crippen LogP contribution in [0.25, 0.3) is 0 Å². The Morgan fingerprint density at radius 2 is 2.00 bits per heavy atom. The van der Waals surface area contributed by atoms with Crippen molar-refractivity contribution >= 4 is 5.91 Å². The molecule has 0 saturated heterocycles. The Hall–Kier alpha value is -2.44. The highest BCUT2D eigenvalue weighted by atomic mass is 19.3. The summed E-state index contributed by atoms with van der Waals surface area (Å²) in [6.07, 6.45) is 2.47. The average molecular weight is 323 g/mol. The lowest BCUT2D eigenvalue weighted by atomic mass is 10.1. The lowest BCUT2D eigenvalue weighted by Crippen LogP contribution is -2.32. The summed E-state index contributed by atoms with van der Waals surface area (Å²) in [4.78, 5) is 17.3. The van der Waals surface area contributed by atoms with E-state index in [0.717, 1.165) is 15.7 Å². The lowest BCUT2D eigenvalue weighted by Gasteiger charge is -2.19. The molecule has 2 rings (SSSR count). The molecule has 1 amide bonds. The van der Waals surface area contributed by atoms with E-state index in [-0.39, 0.29) is 24.9 Å². The molecule has 1 aromatic carbocycles. The summed E-state index contributed by atoms with van der Waals surface area (Å²) in [5.74, 6) is 0.489. The number of nitrogens with zero attached hydrogens (tertiary/aromatic N) is 3. The molecule has 124 valence electrons. The number of ether oxygens (including phenoxy) is 1. The molecule has 0 N–H and O–H groups in total. The van der Waals surface area contributed by atoms with Gasteiger partial charge in [-0.05, 0) is 25.0 Å². The van der Waals surface area contributed by atoms with E-state index in [1.54, 1.807) is 0 Å². The quantitative estimate of drug-likeness (QED) is 0.821. The highest BCUT2D eigenvalue weighted by Crippen LogP contribution is 2.22. The third-order valence-corrected chi connectivity index (χ3v) is 3.51. The van der Waals surface area contributed by atoms with Gasteiger partial charge in [0, 0.05) is 19.4 Å². The molecule has 0 saturated carbocycles. The first kappa shape index (κ1) is 16.9. The van der Waals surface area contributed by atoms with Gasteiger partial charge in [0.2, 0.25) is 0 Å². The number of carbonyl (C=O) groups is 1. The van der Waals surface area contributed by atoms with Crippen molar-refractivity contribution in [2.75, 3.05) is 13.7 Å². The summed E-state index contributed by atoms with van der Waals surface area (Å²) >= 11 is 0. The van der Waals surface area contributed by atoms with Gasteiger partial charge in [0.15, 0.2) is 6.61 Å². The Morgan fingerprint density at radius 1 is 1.35 bits per heavy atom. The number of rotatable bonds is 6. The van der Waals surface area contributed by atoms with Crippen molar-refractivity contribution in [3.8, 4) is 5.75 Å². The topological polar surface area (TPSA) is 47.4 Å². The number of para-hydroxylation sites is 1. The van der Waals surface area contributed by atoms with Crippen molar-refractivity contribution in [1.82, 2.24) is 14.5 Å². The first-order valence-electron chi connectivity index (χ1n) is 7.13. The van der Waals surface area contributed by atoms with Gasteiger partial charge in [0.1, 0.15) is 11.6 Å². The summed E-state index contributed by atoms with van der Waals surface area (Å²) in [7, 11) is 1.53. The SMILES string of the molecule is Cc1cccc(C)c1OCC(=O)N(C)Cc1nccn1C(F)F. The molecule has 0 atom stereocenters. The van der Waals surface area contributed by atoms with E-state index >= 15 is 0 Å². The van der Waals surface area contributed by atoms with Crippen LogP contribution in [-0.2, 0) is 11.3 Å². The minimum absolute atomic E-state index is 0.00765. The molecule has 23 heavy (non-hydrogen) atoms. The fourth-order valence-corrected chi connectivity index (χ4v) is 2.22. The van der Waals surface area contributed by atoms with Crippen LogP contribution in [0.1, 0.15) is 23.5 Å². The minimum Gasteiger partial charge on any atom is -0.483 e. The summed E-state index contributed by atoms with van der Waals surface area (Å²) in [5, 5.41) is 0. The monoisotopic (exact) mass is 323 g/mol. The van der Waals surface area contributed by atoms with Crippen LogP contribution in [-0.4, -0.2) is 34.0 Å². The first-order chi connectivity index (χ1) is 10.9. The zero-order valence-corrected chi connectivity index (χ0v) is 13.3. The largest absolute Gasteiger partial charge is 0.483 e. The van der Waals surface area contributed by atoms with Crippen LogP contribution in [0.5, 0.6) is 5.75 Å². The number of aromatic nitrogens is 2. The number of imidazole rings is 1. The lowest BCUT2D eigenvalue weighted by molar-refractivity contribution is -0.132. The number of aryl methyl sites for hydroxylation is 2. The van der Waals surface area contributed by atoms with Crippen LogP contribution in [0.3, 0.4) is 0 Å². The highest BCUT2D eigenvalue weighted by molar-refractivity contribution is 5.77. The first-order valence-corrected chi connectivity index (χ1v) is 7.13. The van der Waals surface area contributed by atoms with Crippen molar-refractivity contribution in [3.63, 3.8) is 0 Å². The Balaban J connectivity index is 1.96. The Bertz CT molecular complexity index is 665. The number of halogens is 2. The van der Waals surface area contributed by atoms with Crippen LogP contribution in [0, 0.1) is 13.8 Å². The van der Waals surface area contributed by atoms with Gasteiger partial charge in [-0.1, -0.05) is 18.2 Å². The summed E-state index contributed by atoms with van der Waals surface area (Å²) in [6, 6.07) is 5.71. The number of likely N-dealkylation sites (N-methyl/N-ethyl adjacent to an activating group) is 1. The number of amides is 1. The van der Waals surface area contributed by atoms with E-state index in [2.05, 4.69) is 4.98 Å². The van der Waals surface area contributed by atoms with Crippen LogP contribution in [0.2, 0.25) is 0 Å². The predicted molar refractivity (Wildman–Crippen MR) is 81.4 cm³/mol. The maximum Gasteiger partial charge on any atom is 0.319 e. The Kier molecular flexibility index (Phi) is 5.31. The molecule has 7 heteroatoms. The van der Waals surface area contributed by atoms with Gasteiger partial charge < -0.3 is 9.64 Å². The molecule has 1 heterocycles. The van der Waals surface area contributed by atoms with Crippen molar-refractivity contribution in [1.29, 1.82) is 0 Å². The number of hydrogen-bond donors (Lipinski definition) is 0. The van der Waals surface area contributed by atoms with Gasteiger partial charge in [0.25, 0.3) is 5.91 Å². The molecule has 0 aliphatic heterocycles. The van der Waals surface area contributed by atoms with Crippen LogP contribution < -0.4 is 4.74 Å². The molecule has 2 aromatic rings. The van der Waals surface area contributed by atoms with E-state index in [1.165, 1.54) is 24.3 Å². The van der Waals surface area contributed by atoms with E-state index in [0.29, 0.717) is 5.75 Å². The fourth-order valence-electron chi connectivity index (χ4n) is 2.22. The predicted octanol–water partition coefficient (Wildman–Crippen LogP) is 2.93. The molecule has 0 aliphatic rings. The zero-order valence-electron chi connectivity index (χ0n) is 13.3. The van der Waals surface area contributed by atoms with Crippen LogP contribution >= 0.6 is 0 Å². The smallest absolute Gasteiger partial charge is 0.319 e. The van der Waals surface area contributed by atoms with Gasteiger partial charge in [-0.25, -0.2) is 4.98 Å². The molecule has 0 aliphatic carbocycles. The molecule has 0 radical (unpaired) electrons. The van der Waals surface area contributed by atoms with E-state index in [4.69, 9.17) is 4.74 Å². The van der Waals surface area contributed by atoms with Crippen LogP contribution in [0.4, 0.5) is 8.78 Å². The fraction of sp³-hybridized carbons (Fsp3) is 0.375. The van der Waals surface area contributed by atoms with Crippen LogP contribution in [0.15, 0.2) is 30.6 Å². The van der Waals surface area contributed by atoms with Crippen molar-refractivity contribution < 1.29 is 18.3 Å². The highest BCUT2D eigenvalue weighted by Gasteiger charge is 2.17. The maximum absolute atomic E-state index is 12.8. The second-order valence-electron chi connectivity index (χ2n) is 5.29. The number of hydrogen-bond acceptors (Lipinski definition) is 3. The molecular formula is C16H19F2N3O2. The van der Waals surface area contributed by atoms with E-state index in [9.17, 15) is 13.6 Å². The van der Waals surface area contributed by atoms with Gasteiger partial charge in [-0.15, -0.1) is 0 Å². The average Bonchev–Trinajstić information content (AvgIpc) is 2.94. The summed E-state index contributed by atoms with van der Waals surface area (Å²) < 4.78 is 31.8. The number of benzene rings is 1. The van der Waals surface area contributed by atoms with Crippen molar-refractivity contribution in [2.45, 2.75) is 26.9 Å². The van der Waals surface area contributed by atoms with E-state index < -0.39 is 6.55 Å². The number of carbonyl (C=O) groups excluding carboxylic acids is 1. The van der Waals surface area contributed by atoms with Gasteiger partial charge in [-0.3, -0.25) is 9.36 Å². The van der Waals surface area contributed by atoms with Crippen molar-refractivity contribution in [2.24, 2.45) is 0 Å². The minimum atomic E-state index is -2.68. The molecule has 0 spiro atoms. The molecule has 0 fully saturated rings. The maximum atomic E-state index is 12.8. The number of alkyl halides is 2.